The molecular formula is C26H30N2O6. The number of carbonyl (C=O) groups is 2. The van der Waals surface area contributed by atoms with E-state index >= 15 is 0 Å². The molecule has 0 fully saturated rings. The van der Waals surface area contributed by atoms with Crippen LogP contribution in [0.25, 0.3) is 10.9 Å². The molecule has 0 radical (unpaired) electrons. The van der Waals surface area contributed by atoms with Gasteiger partial charge in [-0.2, -0.15) is 0 Å². The van der Waals surface area contributed by atoms with Gasteiger partial charge in [-0.15, -0.1) is 0 Å². The number of methoxy groups -OCH3 is 3. The van der Waals surface area contributed by atoms with Crippen LogP contribution in [-0.4, -0.2) is 56.3 Å². The molecule has 8 nitrogen and oxygen atoms in total. The lowest BCUT2D eigenvalue weighted by atomic mass is 10.0. The molecule has 2 aromatic carbocycles. The third kappa shape index (κ3) is 5.82. The molecule has 0 saturated heterocycles. The van der Waals surface area contributed by atoms with Crippen molar-refractivity contribution in [2.24, 2.45) is 0 Å². The van der Waals surface area contributed by atoms with Gasteiger partial charge in [-0.3, -0.25) is 14.7 Å². The molecule has 0 bridgehead atoms. The van der Waals surface area contributed by atoms with Gasteiger partial charge in [-0.05, 0) is 43.2 Å². The number of nitrogens with zero attached hydrogens (tertiary/aromatic N) is 2. The van der Waals surface area contributed by atoms with Crippen LogP contribution in [0.3, 0.4) is 0 Å². The minimum atomic E-state index is -0.436. The first-order valence-corrected chi connectivity index (χ1v) is 11.0. The van der Waals surface area contributed by atoms with Gasteiger partial charge >= 0.3 is 11.9 Å². The van der Waals surface area contributed by atoms with E-state index in [1.807, 2.05) is 48.2 Å². The Labute approximate surface area is 199 Å². The first kappa shape index (κ1) is 25.0. The van der Waals surface area contributed by atoms with Crippen molar-refractivity contribution in [1.82, 2.24) is 9.88 Å². The van der Waals surface area contributed by atoms with Crippen LogP contribution in [0.2, 0.25) is 0 Å². The zero-order valence-electron chi connectivity index (χ0n) is 20.2. The number of carbonyl (C=O) groups excluding carboxylic acids is 2. The highest BCUT2D eigenvalue weighted by molar-refractivity contribution is 5.98. The number of pyridine rings is 1. The Balaban J connectivity index is 2.05. The number of para-hydroxylation sites is 1. The molecule has 0 aliphatic heterocycles. The Hall–Kier alpha value is -3.65. The number of rotatable bonds is 10. The van der Waals surface area contributed by atoms with Crippen LogP contribution in [0.4, 0.5) is 0 Å². The second-order valence-electron chi connectivity index (χ2n) is 7.74. The summed E-state index contributed by atoms with van der Waals surface area (Å²) in [6.07, 6.45) is 0. The summed E-state index contributed by atoms with van der Waals surface area (Å²) in [7, 11) is 4.51. The number of ether oxygens (including phenoxy) is 4. The number of benzene rings is 2. The van der Waals surface area contributed by atoms with Crippen LogP contribution in [0.5, 0.6) is 11.5 Å². The molecule has 3 rings (SSSR count). The van der Waals surface area contributed by atoms with E-state index < -0.39 is 11.9 Å². The average Bonchev–Trinajstić information content (AvgIpc) is 2.83. The van der Waals surface area contributed by atoms with E-state index in [0.717, 1.165) is 22.0 Å². The van der Waals surface area contributed by atoms with E-state index in [4.69, 9.17) is 23.9 Å². The molecule has 180 valence electrons. The number of aryl methyl sites for hydroxylation is 1. The highest BCUT2D eigenvalue weighted by atomic mass is 16.5. The maximum atomic E-state index is 12.9. The quantitative estimate of drug-likeness (QED) is 0.416. The van der Waals surface area contributed by atoms with E-state index in [2.05, 4.69) is 0 Å². The highest BCUT2D eigenvalue weighted by Gasteiger charge is 2.23. The van der Waals surface area contributed by atoms with Crippen molar-refractivity contribution >= 4 is 22.8 Å². The molecule has 0 aliphatic carbocycles. The van der Waals surface area contributed by atoms with Gasteiger partial charge in [0, 0.05) is 24.5 Å². The van der Waals surface area contributed by atoms with Crippen molar-refractivity contribution in [3.63, 3.8) is 0 Å². The minimum Gasteiger partial charge on any atom is -0.497 e. The SMILES string of the molecule is CCOC(=O)c1c(CN(CC(=O)OC)Cc2cc(OC)cc(OC)c2)nc2ccccc2c1C. The monoisotopic (exact) mass is 466 g/mol. The molecule has 3 aromatic rings. The van der Waals surface area contributed by atoms with Crippen molar-refractivity contribution in [2.75, 3.05) is 34.5 Å². The molecule has 8 heteroatoms. The standard InChI is InChI=1S/C26H30N2O6/c1-6-34-26(30)25-17(2)21-9-7-8-10-22(21)27-23(25)15-28(16-24(29)33-5)14-18-11-19(31-3)13-20(12-18)32-4/h7-13H,6,14-16H2,1-5H3. The van der Waals surface area contributed by atoms with E-state index in [9.17, 15) is 9.59 Å². The molecule has 1 aromatic heterocycles. The third-order valence-electron chi connectivity index (χ3n) is 5.48. The van der Waals surface area contributed by atoms with Crippen molar-refractivity contribution in [3.8, 4) is 11.5 Å². The van der Waals surface area contributed by atoms with Gasteiger partial charge in [-0.1, -0.05) is 18.2 Å². The van der Waals surface area contributed by atoms with Gasteiger partial charge in [0.2, 0.25) is 0 Å². The minimum absolute atomic E-state index is 0.00580. The van der Waals surface area contributed by atoms with Gasteiger partial charge in [0.05, 0.1) is 51.3 Å². The van der Waals surface area contributed by atoms with Gasteiger partial charge in [0.15, 0.2) is 0 Å². The lowest BCUT2D eigenvalue weighted by molar-refractivity contribution is -0.142. The van der Waals surface area contributed by atoms with Crippen LogP contribution in [0.1, 0.15) is 34.1 Å². The molecular weight excluding hydrogens is 436 g/mol. The highest BCUT2D eigenvalue weighted by Crippen LogP contribution is 2.27. The van der Waals surface area contributed by atoms with Crippen LogP contribution in [0, 0.1) is 6.92 Å². The van der Waals surface area contributed by atoms with Crippen molar-refractivity contribution < 1.29 is 28.5 Å². The van der Waals surface area contributed by atoms with Gasteiger partial charge in [0.1, 0.15) is 11.5 Å². The Morgan fingerprint density at radius 1 is 0.971 bits per heavy atom. The molecule has 0 atom stereocenters. The summed E-state index contributed by atoms with van der Waals surface area (Å²) in [5, 5.41) is 0.881. The summed E-state index contributed by atoms with van der Waals surface area (Å²) in [6.45, 7) is 4.51. The number of esters is 2. The normalized spacial score (nSPS) is 10.9. The third-order valence-corrected chi connectivity index (χ3v) is 5.48. The number of hydrogen-bond acceptors (Lipinski definition) is 8. The van der Waals surface area contributed by atoms with Crippen molar-refractivity contribution in [1.29, 1.82) is 0 Å². The lowest BCUT2D eigenvalue weighted by Crippen LogP contribution is -2.31. The van der Waals surface area contributed by atoms with E-state index in [1.54, 1.807) is 27.2 Å². The fourth-order valence-electron chi connectivity index (χ4n) is 3.87. The first-order valence-electron chi connectivity index (χ1n) is 11.0. The zero-order valence-corrected chi connectivity index (χ0v) is 20.2. The molecule has 0 amide bonds. The summed E-state index contributed by atoms with van der Waals surface area (Å²) in [4.78, 5) is 31.8. The summed E-state index contributed by atoms with van der Waals surface area (Å²) in [5.41, 5.74) is 3.38. The van der Waals surface area contributed by atoms with Crippen molar-refractivity contribution in [3.05, 3.63) is 64.8 Å². The summed E-state index contributed by atoms with van der Waals surface area (Å²) in [6, 6.07) is 13.2. The van der Waals surface area contributed by atoms with E-state index in [0.29, 0.717) is 29.3 Å². The zero-order chi connectivity index (χ0) is 24.7. The summed E-state index contributed by atoms with van der Waals surface area (Å²) in [5.74, 6) is 0.442. The molecule has 0 N–H and O–H groups in total. The number of fused-ring (bicyclic) bond motifs is 1. The van der Waals surface area contributed by atoms with Crippen LogP contribution >= 0.6 is 0 Å². The molecule has 34 heavy (non-hydrogen) atoms. The largest absolute Gasteiger partial charge is 0.497 e. The second kappa shape index (κ2) is 11.5. The van der Waals surface area contributed by atoms with Crippen LogP contribution in [-0.2, 0) is 27.4 Å². The summed E-state index contributed by atoms with van der Waals surface area (Å²) >= 11 is 0. The Morgan fingerprint density at radius 2 is 1.65 bits per heavy atom. The maximum Gasteiger partial charge on any atom is 0.340 e. The van der Waals surface area contributed by atoms with Crippen LogP contribution in [0.15, 0.2) is 42.5 Å². The topological polar surface area (TPSA) is 87.2 Å². The number of hydrogen-bond donors (Lipinski definition) is 0. The molecule has 0 spiro atoms. The Bertz CT molecular complexity index is 1160. The Kier molecular flexibility index (Phi) is 8.43. The molecule has 0 unspecified atom stereocenters. The first-order chi connectivity index (χ1) is 16.4. The second-order valence-corrected chi connectivity index (χ2v) is 7.74. The molecule has 0 saturated carbocycles. The van der Waals surface area contributed by atoms with E-state index in [1.165, 1.54) is 7.11 Å². The Morgan fingerprint density at radius 3 is 2.26 bits per heavy atom. The smallest absolute Gasteiger partial charge is 0.340 e. The molecule has 0 aliphatic rings. The predicted octanol–water partition coefficient (Wildman–Crippen LogP) is 3.91. The van der Waals surface area contributed by atoms with Gasteiger partial charge in [0.25, 0.3) is 0 Å². The van der Waals surface area contributed by atoms with Gasteiger partial charge < -0.3 is 18.9 Å². The van der Waals surface area contributed by atoms with Crippen molar-refractivity contribution in [2.45, 2.75) is 26.9 Å². The maximum absolute atomic E-state index is 12.9. The number of aromatic nitrogens is 1. The molecule has 1 heterocycles. The van der Waals surface area contributed by atoms with Crippen LogP contribution < -0.4 is 9.47 Å². The fourth-order valence-corrected chi connectivity index (χ4v) is 3.87. The summed E-state index contributed by atoms with van der Waals surface area (Å²) < 4.78 is 21.0. The van der Waals surface area contributed by atoms with Gasteiger partial charge in [-0.25, -0.2) is 4.79 Å². The lowest BCUT2D eigenvalue weighted by Gasteiger charge is -2.23. The predicted molar refractivity (Wildman–Crippen MR) is 128 cm³/mol. The average molecular weight is 467 g/mol. The fraction of sp³-hybridized carbons (Fsp3) is 0.346. The van der Waals surface area contributed by atoms with E-state index in [-0.39, 0.29) is 19.7 Å².